The predicted molar refractivity (Wildman–Crippen MR) is 91.9 cm³/mol. The molecule has 2 rings (SSSR count). The molecule has 0 aromatic heterocycles. The molecule has 0 atom stereocenters. The molecule has 1 saturated heterocycles. The smallest absolute Gasteiger partial charge is 0.0466 e. The van der Waals surface area contributed by atoms with Crippen LogP contribution < -0.4 is 0 Å². The third-order valence-corrected chi connectivity index (χ3v) is 2.77. The van der Waals surface area contributed by atoms with Crippen molar-refractivity contribution in [3.05, 3.63) is 35.9 Å². The monoisotopic (exact) mass is 304 g/mol. The van der Waals surface area contributed by atoms with Crippen molar-refractivity contribution < 1.29 is 4.74 Å². The summed E-state index contributed by atoms with van der Waals surface area (Å²) in [5.41, 5.74) is 1.32. The molecule has 1 aromatic rings. The molecular weight excluding hydrogens is 276 g/mol. The van der Waals surface area contributed by atoms with Crippen LogP contribution in [0.2, 0.25) is 0 Å². The van der Waals surface area contributed by atoms with E-state index < -0.39 is 0 Å². The van der Waals surface area contributed by atoms with E-state index in [-0.39, 0.29) is 13.5 Å². The van der Waals surface area contributed by atoms with Gasteiger partial charge < -0.3 is 4.74 Å². The number of hydrogen-bond acceptors (Lipinski definition) is 1. The first-order valence-corrected chi connectivity index (χ1v) is 7.50. The molecule has 1 aliphatic rings. The quantitative estimate of drug-likeness (QED) is 0.542. The SMILES string of the molecule is C1CCOC1.CCCCCCl.Cc1ccccc1.S. The molecule has 0 aliphatic carbocycles. The zero-order chi connectivity index (χ0) is 13.5. The zero-order valence-corrected chi connectivity index (χ0v) is 14.1. The summed E-state index contributed by atoms with van der Waals surface area (Å²) >= 11 is 5.38. The molecule has 0 unspecified atom stereocenters. The lowest BCUT2D eigenvalue weighted by Gasteiger charge is -1.84. The zero-order valence-electron chi connectivity index (χ0n) is 12.3. The summed E-state index contributed by atoms with van der Waals surface area (Å²) in [6, 6.07) is 10.3. The van der Waals surface area contributed by atoms with E-state index in [1.165, 1.54) is 37.7 Å². The number of alkyl halides is 1. The van der Waals surface area contributed by atoms with Gasteiger partial charge in [-0.1, -0.05) is 55.7 Å². The summed E-state index contributed by atoms with van der Waals surface area (Å²) in [6.07, 6.45) is 6.29. The highest BCUT2D eigenvalue weighted by Crippen LogP contribution is 1.98. The van der Waals surface area contributed by atoms with Crippen molar-refractivity contribution >= 4 is 25.1 Å². The van der Waals surface area contributed by atoms with Gasteiger partial charge in [0.05, 0.1) is 0 Å². The van der Waals surface area contributed by atoms with Crippen molar-refractivity contribution in [2.24, 2.45) is 0 Å². The topological polar surface area (TPSA) is 9.23 Å². The van der Waals surface area contributed by atoms with Crippen molar-refractivity contribution in [3.63, 3.8) is 0 Å². The summed E-state index contributed by atoms with van der Waals surface area (Å²) in [4.78, 5) is 0. The minimum Gasteiger partial charge on any atom is -0.381 e. The number of benzene rings is 1. The van der Waals surface area contributed by atoms with Crippen LogP contribution in [-0.2, 0) is 4.74 Å². The summed E-state index contributed by atoms with van der Waals surface area (Å²) in [6.45, 7) is 6.26. The van der Waals surface area contributed by atoms with Crippen molar-refractivity contribution in [1.82, 2.24) is 0 Å². The standard InChI is InChI=1S/C7H8.C5H11Cl.C4H8O.H2S/c1-7-5-3-2-4-6-7;1-2-3-4-5-6;1-2-4-5-3-1;/h2-6H,1H3;2-5H2,1H3;1-4H2;1H2. The molecule has 0 bridgehead atoms. The second kappa shape index (κ2) is 17.8. The molecule has 1 aliphatic heterocycles. The Morgan fingerprint density at radius 2 is 1.63 bits per heavy atom. The summed E-state index contributed by atoms with van der Waals surface area (Å²) < 4.78 is 4.94. The maximum atomic E-state index is 5.38. The molecule has 1 nitrogen and oxygen atoms in total. The van der Waals surface area contributed by atoms with E-state index in [2.05, 4.69) is 26.0 Å². The lowest BCUT2D eigenvalue weighted by Crippen LogP contribution is -1.74. The van der Waals surface area contributed by atoms with E-state index >= 15 is 0 Å². The molecular formula is C16H29ClOS. The number of ether oxygens (including phenoxy) is 1. The minimum atomic E-state index is 0. The number of halogens is 1. The fourth-order valence-corrected chi connectivity index (χ4v) is 1.58. The van der Waals surface area contributed by atoms with Crippen molar-refractivity contribution in [1.29, 1.82) is 0 Å². The van der Waals surface area contributed by atoms with Crippen LogP contribution in [0.15, 0.2) is 30.3 Å². The third kappa shape index (κ3) is 17.8. The molecule has 0 saturated carbocycles. The number of unbranched alkanes of at least 4 members (excludes halogenated alkanes) is 2. The minimum absolute atomic E-state index is 0. The first-order chi connectivity index (χ1) is 8.81. The maximum Gasteiger partial charge on any atom is 0.0466 e. The average molecular weight is 305 g/mol. The van der Waals surface area contributed by atoms with Crippen molar-refractivity contribution in [3.8, 4) is 0 Å². The second-order valence-corrected chi connectivity index (χ2v) is 4.75. The Labute approximate surface area is 131 Å². The van der Waals surface area contributed by atoms with Gasteiger partial charge >= 0.3 is 0 Å². The molecule has 112 valence electrons. The van der Waals surface area contributed by atoms with Crippen LogP contribution in [0, 0.1) is 6.92 Å². The molecule has 19 heavy (non-hydrogen) atoms. The van der Waals surface area contributed by atoms with Crippen LogP contribution in [0.1, 0.15) is 44.6 Å². The number of hydrogen-bond donors (Lipinski definition) is 0. The van der Waals surface area contributed by atoms with Gasteiger partial charge in [0, 0.05) is 19.1 Å². The first kappa shape index (κ1) is 21.1. The van der Waals surface area contributed by atoms with Gasteiger partial charge in [0.1, 0.15) is 0 Å². The van der Waals surface area contributed by atoms with Crippen LogP contribution in [-0.4, -0.2) is 19.1 Å². The van der Waals surface area contributed by atoms with E-state index in [0.29, 0.717) is 0 Å². The summed E-state index contributed by atoms with van der Waals surface area (Å²) in [5.74, 6) is 0.827. The van der Waals surface area contributed by atoms with Crippen molar-refractivity contribution in [2.75, 3.05) is 19.1 Å². The van der Waals surface area contributed by atoms with E-state index in [0.717, 1.165) is 19.1 Å². The van der Waals surface area contributed by atoms with Gasteiger partial charge in [-0.3, -0.25) is 0 Å². The van der Waals surface area contributed by atoms with Gasteiger partial charge in [0.2, 0.25) is 0 Å². The highest BCUT2D eigenvalue weighted by Gasteiger charge is 1.94. The fraction of sp³-hybridized carbons (Fsp3) is 0.625. The van der Waals surface area contributed by atoms with Gasteiger partial charge in [-0.25, -0.2) is 0 Å². The molecule has 0 spiro atoms. The molecule has 1 aromatic carbocycles. The summed E-state index contributed by atoms with van der Waals surface area (Å²) in [5, 5.41) is 0. The van der Waals surface area contributed by atoms with E-state index in [9.17, 15) is 0 Å². The van der Waals surface area contributed by atoms with E-state index in [1.54, 1.807) is 0 Å². The predicted octanol–water partition coefficient (Wildman–Crippen LogP) is 5.32. The van der Waals surface area contributed by atoms with Crippen LogP contribution in [0.5, 0.6) is 0 Å². The highest BCUT2D eigenvalue weighted by molar-refractivity contribution is 7.59. The maximum absolute atomic E-state index is 5.38. The molecule has 0 amide bonds. The highest BCUT2D eigenvalue weighted by atomic mass is 35.5. The molecule has 0 N–H and O–H groups in total. The average Bonchev–Trinajstić information content (AvgIpc) is 2.97. The number of aryl methyl sites for hydroxylation is 1. The Morgan fingerprint density at radius 3 is 1.84 bits per heavy atom. The van der Waals surface area contributed by atoms with Crippen LogP contribution in [0.4, 0.5) is 0 Å². The van der Waals surface area contributed by atoms with Crippen molar-refractivity contribution in [2.45, 2.75) is 46.0 Å². The van der Waals surface area contributed by atoms with E-state index in [4.69, 9.17) is 16.3 Å². The molecule has 0 radical (unpaired) electrons. The Bertz CT molecular complexity index is 239. The van der Waals surface area contributed by atoms with Gasteiger partial charge in [-0.2, -0.15) is 13.5 Å². The number of rotatable bonds is 3. The first-order valence-electron chi connectivity index (χ1n) is 6.96. The van der Waals surface area contributed by atoms with Gasteiger partial charge in [0.25, 0.3) is 0 Å². The largest absolute Gasteiger partial charge is 0.381 e. The Kier molecular flexibility index (Phi) is 19.8. The normalized spacial score (nSPS) is 12.4. The van der Waals surface area contributed by atoms with Gasteiger partial charge in [-0.05, 0) is 26.2 Å². The summed E-state index contributed by atoms with van der Waals surface area (Å²) in [7, 11) is 0. The van der Waals surface area contributed by atoms with Crippen LogP contribution in [0.3, 0.4) is 0 Å². The lowest BCUT2D eigenvalue weighted by atomic mass is 10.2. The van der Waals surface area contributed by atoms with E-state index in [1.807, 2.05) is 18.2 Å². The molecule has 1 fully saturated rings. The fourth-order valence-electron chi connectivity index (χ4n) is 1.39. The van der Waals surface area contributed by atoms with Gasteiger partial charge in [-0.15, -0.1) is 11.6 Å². The Balaban J connectivity index is 0. The lowest BCUT2D eigenvalue weighted by molar-refractivity contribution is 0.198. The third-order valence-electron chi connectivity index (χ3n) is 2.50. The second-order valence-electron chi connectivity index (χ2n) is 4.37. The Hall–Kier alpha value is -0.180. The van der Waals surface area contributed by atoms with Gasteiger partial charge in [0.15, 0.2) is 0 Å². The van der Waals surface area contributed by atoms with Crippen LogP contribution in [0.25, 0.3) is 0 Å². The van der Waals surface area contributed by atoms with Crippen LogP contribution >= 0.6 is 25.1 Å². The molecule has 1 heterocycles. The Morgan fingerprint density at radius 1 is 1.05 bits per heavy atom. The molecule has 3 heteroatoms.